The number of aromatic carboxylic acids is 1. The summed E-state index contributed by atoms with van der Waals surface area (Å²) in [7, 11) is 1.62. The van der Waals surface area contributed by atoms with Crippen LogP contribution in [0.25, 0.3) is 0 Å². The highest BCUT2D eigenvalue weighted by Crippen LogP contribution is 2.25. The number of nitrogens with zero attached hydrogens (tertiary/aromatic N) is 2. The molecule has 0 spiro atoms. The van der Waals surface area contributed by atoms with Crippen LogP contribution in [0.2, 0.25) is 0 Å². The van der Waals surface area contributed by atoms with Crippen LogP contribution in [0.1, 0.15) is 24.2 Å². The number of methoxy groups -OCH3 is 1. The van der Waals surface area contributed by atoms with Gasteiger partial charge in [-0.15, -0.1) is 0 Å². The number of ether oxygens (including phenoxy) is 1. The minimum Gasteiger partial charge on any atom is -0.478 e. The second kappa shape index (κ2) is 6.20. The van der Waals surface area contributed by atoms with Crippen molar-refractivity contribution in [1.29, 1.82) is 0 Å². The Morgan fingerprint density at radius 2 is 2.33 bits per heavy atom. The summed E-state index contributed by atoms with van der Waals surface area (Å²) in [5.74, 6) is -0.562. The standard InChI is InChI=1S/C12H19N3O3/c1-4-15(8(2)7-18-3)11-10(13)9(12(16)17)5-6-14-11/h5-6,8H,4,7,13H2,1-3H3,(H,16,17). The van der Waals surface area contributed by atoms with E-state index in [2.05, 4.69) is 4.98 Å². The molecule has 0 aliphatic rings. The summed E-state index contributed by atoms with van der Waals surface area (Å²) in [6.07, 6.45) is 1.46. The second-order valence-electron chi connectivity index (χ2n) is 3.99. The van der Waals surface area contributed by atoms with Crippen molar-refractivity contribution in [2.24, 2.45) is 0 Å². The molecule has 6 nitrogen and oxygen atoms in total. The lowest BCUT2D eigenvalue weighted by molar-refractivity contribution is 0.0698. The number of likely N-dealkylation sites (N-methyl/N-ethyl adjacent to an activating group) is 1. The lowest BCUT2D eigenvalue weighted by Gasteiger charge is -2.29. The number of carbonyl (C=O) groups is 1. The van der Waals surface area contributed by atoms with Crippen molar-refractivity contribution in [2.75, 3.05) is 30.9 Å². The maximum absolute atomic E-state index is 11.0. The van der Waals surface area contributed by atoms with Gasteiger partial charge in [0.25, 0.3) is 0 Å². The van der Waals surface area contributed by atoms with Crippen LogP contribution in [0, 0.1) is 0 Å². The minimum absolute atomic E-state index is 0.0684. The van der Waals surface area contributed by atoms with E-state index in [-0.39, 0.29) is 17.3 Å². The Morgan fingerprint density at radius 3 is 2.83 bits per heavy atom. The van der Waals surface area contributed by atoms with Gasteiger partial charge in [-0.2, -0.15) is 0 Å². The molecule has 0 aromatic carbocycles. The van der Waals surface area contributed by atoms with Crippen LogP contribution in [-0.2, 0) is 4.74 Å². The van der Waals surface area contributed by atoms with E-state index in [1.807, 2.05) is 18.7 Å². The van der Waals surface area contributed by atoms with E-state index in [4.69, 9.17) is 15.6 Å². The van der Waals surface area contributed by atoms with Crippen molar-refractivity contribution in [1.82, 2.24) is 4.98 Å². The third kappa shape index (κ3) is 2.89. The highest BCUT2D eigenvalue weighted by atomic mass is 16.5. The first-order chi connectivity index (χ1) is 8.52. The predicted octanol–water partition coefficient (Wildman–Crippen LogP) is 1.22. The van der Waals surface area contributed by atoms with E-state index in [0.717, 1.165) is 0 Å². The molecule has 1 aromatic heterocycles. The minimum atomic E-state index is -1.05. The zero-order valence-electron chi connectivity index (χ0n) is 10.9. The molecule has 100 valence electrons. The van der Waals surface area contributed by atoms with Crippen molar-refractivity contribution >= 4 is 17.5 Å². The number of hydrogen-bond donors (Lipinski definition) is 2. The van der Waals surface area contributed by atoms with Gasteiger partial charge in [-0.05, 0) is 19.9 Å². The Balaban J connectivity index is 3.14. The van der Waals surface area contributed by atoms with Gasteiger partial charge in [0.05, 0.1) is 23.9 Å². The number of carboxylic acid groups (broad SMARTS) is 1. The molecule has 0 aliphatic heterocycles. The maximum Gasteiger partial charge on any atom is 0.337 e. The average molecular weight is 253 g/mol. The molecule has 0 aliphatic carbocycles. The largest absolute Gasteiger partial charge is 0.478 e. The van der Waals surface area contributed by atoms with E-state index in [1.54, 1.807) is 7.11 Å². The molecule has 0 fully saturated rings. The Kier molecular flexibility index (Phi) is 4.91. The zero-order chi connectivity index (χ0) is 13.7. The van der Waals surface area contributed by atoms with Gasteiger partial charge in [-0.1, -0.05) is 0 Å². The van der Waals surface area contributed by atoms with Crippen molar-refractivity contribution in [3.63, 3.8) is 0 Å². The van der Waals surface area contributed by atoms with Crippen LogP contribution in [0.3, 0.4) is 0 Å². The van der Waals surface area contributed by atoms with Crippen LogP contribution in [0.5, 0.6) is 0 Å². The number of anilines is 2. The third-order valence-electron chi connectivity index (χ3n) is 2.75. The van der Waals surface area contributed by atoms with E-state index in [9.17, 15) is 4.79 Å². The molecule has 0 amide bonds. The molecule has 6 heteroatoms. The quantitative estimate of drug-likeness (QED) is 0.792. The van der Waals surface area contributed by atoms with Crippen molar-refractivity contribution in [2.45, 2.75) is 19.9 Å². The van der Waals surface area contributed by atoms with Crippen molar-refractivity contribution in [3.8, 4) is 0 Å². The molecule has 0 saturated carbocycles. The van der Waals surface area contributed by atoms with Gasteiger partial charge in [0, 0.05) is 19.9 Å². The summed E-state index contributed by atoms with van der Waals surface area (Å²) < 4.78 is 5.10. The SMILES string of the molecule is CCN(c1nccc(C(=O)O)c1N)C(C)COC. The molecule has 1 aromatic rings. The predicted molar refractivity (Wildman–Crippen MR) is 70.0 cm³/mol. The number of nitrogens with two attached hydrogens (primary N) is 1. The fourth-order valence-electron chi connectivity index (χ4n) is 1.88. The molecule has 1 heterocycles. The van der Waals surface area contributed by atoms with Crippen molar-refractivity contribution < 1.29 is 14.6 Å². The molecule has 18 heavy (non-hydrogen) atoms. The molecular formula is C12H19N3O3. The lowest BCUT2D eigenvalue weighted by Crippen LogP contribution is -2.37. The van der Waals surface area contributed by atoms with Gasteiger partial charge < -0.3 is 20.5 Å². The zero-order valence-corrected chi connectivity index (χ0v) is 10.9. The Hall–Kier alpha value is -1.82. The summed E-state index contributed by atoms with van der Waals surface area (Å²) in [4.78, 5) is 17.1. The first kappa shape index (κ1) is 14.2. The number of rotatable bonds is 6. The maximum atomic E-state index is 11.0. The Labute approximate surface area is 106 Å². The summed E-state index contributed by atoms with van der Waals surface area (Å²) in [5.41, 5.74) is 6.13. The monoisotopic (exact) mass is 253 g/mol. The smallest absolute Gasteiger partial charge is 0.337 e. The van der Waals surface area contributed by atoms with Gasteiger partial charge in [-0.25, -0.2) is 9.78 Å². The molecular weight excluding hydrogens is 234 g/mol. The Morgan fingerprint density at radius 1 is 1.67 bits per heavy atom. The van der Waals surface area contributed by atoms with E-state index < -0.39 is 5.97 Å². The normalized spacial score (nSPS) is 12.2. The van der Waals surface area contributed by atoms with E-state index in [0.29, 0.717) is 19.0 Å². The van der Waals surface area contributed by atoms with Crippen LogP contribution in [-0.4, -0.2) is 42.4 Å². The van der Waals surface area contributed by atoms with Crippen LogP contribution in [0.4, 0.5) is 11.5 Å². The van der Waals surface area contributed by atoms with Gasteiger partial charge >= 0.3 is 5.97 Å². The molecule has 1 unspecified atom stereocenters. The highest BCUT2D eigenvalue weighted by molar-refractivity contribution is 5.96. The number of nitrogen functional groups attached to an aromatic ring is 1. The van der Waals surface area contributed by atoms with Gasteiger partial charge in [0.15, 0.2) is 5.82 Å². The number of pyridine rings is 1. The summed E-state index contributed by atoms with van der Waals surface area (Å²) in [5, 5.41) is 9.04. The first-order valence-corrected chi connectivity index (χ1v) is 5.76. The summed E-state index contributed by atoms with van der Waals surface area (Å²) >= 11 is 0. The number of aromatic nitrogens is 1. The second-order valence-corrected chi connectivity index (χ2v) is 3.99. The molecule has 3 N–H and O–H groups in total. The van der Waals surface area contributed by atoms with Crippen LogP contribution < -0.4 is 10.6 Å². The van der Waals surface area contributed by atoms with Gasteiger partial charge in [-0.3, -0.25) is 0 Å². The molecule has 0 bridgehead atoms. The lowest BCUT2D eigenvalue weighted by atomic mass is 10.2. The van der Waals surface area contributed by atoms with Crippen molar-refractivity contribution in [3.05, 3.63) is 17.8 Å². The van der Waals surface area contributed by atoms with Crippen LogP contribution in [0.15, 0.2) is 12.3 Å². The number of carboxylic acids is 1. The summed E-state index contributed by atoms with van der Waals surface area (Å²) in [6, 6.07) is 1.47. The molecule has 0 radical (unpaired) electrons. The van der Waals surface area contributed by atoms with E-state index in [1.165, 1.54) is 12.3 Å². The first-order valence-electron chi connectivity index (χ1n) is 5.76. The van der Waals surface area contributed by atoms with E-state index >= 15 is 0 Å². The number of hydrogen-bond acceptors (Lipinski definition) is 5. The third-order valence-corrected chi connectivity index (χ3v) is 2.75. The fourth-order valence-corrected chi connectivity index (χ4v) is 1.88. The highest BCUT2D eigenvalue weighted by Gasteiger charge is 2.20. The van der Waals surface area contributed by atoms with Crippen LogP contribution >= 0.6 is 0 Å². The average Bonchev–Trinajstić information content (AvgIpc) is 2.32. The van der Waals surface area contributed by atoms with Gasteiger partial charge in [0.2, 0.25) is 0 Å². The molecule has 0 saturated heterocycles. The Bertz CT molecular complexity index is 423. The van der Waals surface area contributed by atoms with Gasteiger partial charge in [0.1, 0.15) is 0 Å². The summed E-state index contributed by atoms with van der Waals surface area (Å²) in [6.45, 7) is 5.12. The molecule has 1 rings (SSSR count). The topological polar surface area (TPSA) is 88.7 Å². The fraction of sp³-hybridized carbons (Fsp3) is 0.500. The molecule has 1 atom stereocenters.